The number of benzene rings is 1. The molecule has 3 nitrogen and oxygen atoms in total. The van der Waals surface area contributed by atoms with Crippen LogP contribution in [0.25, 0.3) is 0 Å². The van der Waals surface area contributed by atoms with Crippen molar-refractivity contribution in [3.05, 3.63) is 53.9 Å². The van der Waals surface area contributed by atoms with Crippen LogP contribution in [-0.2, 0) is 18.6 Å². The van der Waals surface area contributed by atoms with Crippen LogP contribution in [0.15, 0.2) is 36.7 Å². The second-order valence-corrected chi connectivity index (χ2v) is 4.56. The van der Waals surface area contributed by atoms with Crippen molar-refractivity contribution >= 4 is 0 Å². The molecule has 0 saturated heterocycles. The Morgan fingerprint density at radius 2 is 2.11 bits per heavy atom. The zero-order valence-electron chi connectivity index (χ0n) is 10.6. The number of aliphatic hydroxyl groups is 1. The van der Waals surface area contributed by atoms with Gasteiger partial charge >= 0.3 is 0 Å². The average Bonchev–Trinajstić information content (AvgIpc) is 2.76. The van der Waals surface area contributed by atoms with Crippen LogP contribution in [0.3, 0.4) is 0 Å². The first kappa shape index (κ1) is 12.8. The highest BCUT2D eigenvalue weighted by Crippen LogP contribution is 2.26. The van der Waals surface area contributed by atoms with Gasteiger partial charge in [-0.3, -0.25) is 0 Å². The van der Waals surface area contributed by atoms with Crippen molar-refractivity contribution in [3.8, 4) is 0 Å². The molecule has 0 aliphatic rings. The van der Waals surface area contributed by atoms with Crippen molar-refractivity contribution in [2.45, 2.75) is 32.4 Å². The van der Waals surface area contributed by atoms with Gasteiger partial charge in [-0.2, -0.15) is 0 Å². The summed E-state index contributed by atoms with van der Waals surface area (Å²) in [5.74, 6) is 0.364. The lowest BCUT2D eigenvalue weighted by Gasteiger charge is -2.24. The summed E-state index contributed by atoms with van der Waals surface area (Å²) >= 11 is 0. The fourth-order valence-corrected chi connectivity index (χ4v) is 2.10. The van der Waals surface area contributed by atoms with Crippen molar-refractivity contribution in [3.63, 3.8) is 0 Å². The maximum Gasteiger partial charge on any atom is 0.129 e. The number of hydrogen-bond donors (Lipinski definition) is 1. The first-order chi connectivity index (χ1) is 8.54. The minimum atomic E-state index is -1.26. The first-order valence-electron chi connectivity index (χ1n) is 6.02. The molecule has 0 bridgehead atoms. The van der Waals surface area contributed by atoms with Gasteiger partial charge in [-0.05, 0) is 19.9 Å². The molecule has 18 heavy (non-hydrogen) atoms. The predicted octanol–water partition coefficient (Wildman–Crippen LogP) is 2.49. The van der Waals surface area contributed by atoms with Gasteiger partial charge in [0.15, 0.2) is 0 Å². The van der Waals surface area contributed by atoms with E-state index < -0.39 is 11.4 Å². The summed E-state index contributed by atoms with van der Waals surface area (Å²) < 4.78 is 15.6. The molecule has 1 unspecified atom stereocenters. The second kappa shape index (κ2) is 4.90. The molecule has 0 aliphatic heterocycles. The highest BCUT2D eigenvalue weighted by Gasteiger charge is 2.28. The van der Waals surface area contributed by atoms with Gasteiger partial charge in [-0.15, -0.1) is 0 Å². The van der Waals surface area contributed by atoms with Crippen LogP contribution < -0.4 is 0 Å². The van der Waals surface area contributed by atoms with Gasteiger partial charge in [0, 0.05) is 30.9 Å². The van der Waals surface area contributed by atoms with Gasteiger partial charge in [0.25, 0.3) is 0 Å². The SMILES string of the molecule is CCn1ccnc1CC(C)(O)c1ccccc1F. The van der Waals surface area contributed by atoms with E-state index in [1.807, 2.05) is 17.7 Å². The number of aromatic nitrogens is 2. The minimum absolute atomic E-state index is 0.286. The molecule has 1 heterocycles. The number of imidazole rings is 1. The van der Waals surface area contributed by atoms with Crippen molar-refractivity contribution in [2.24, 2.45) is 0 Å². The molecule has 0 saturated carbocycles. The number of halogens is 1. The largest absolute Gasteiger partial charge is 0.385 e. The minimum Gasteiger partial charge on any atom is -0.385 e. The van der Waals surface area contributed by atoms with Crippen LogP contribution in [-0.4, -0.2) is 14.7 Å². The van der Waals surface area contributed by atoms with Crippen LogP contribution >= 0.6 is 0 Å². The molecule has 1 atom stereocenters. The maximum absolute atomic E-state index is 13.7. The summed E-state index contributed by atoms with van der Waals surface area (Å²) in [6.45, 7) is 4.39. The molecule has 96 valence electrons. The highest BCUT2D eigenvalue weighted by atomic mass is 19.1. The Morgan fingerprint density at radius 3 is 2.78 bits per heavy atom. The topological polar surface area (TPSA) is 38.0 Å². The third kappa shape index (κ3) is 2.43. The van der Waals surface area contributed by atoms with Crippen LogP contribution in [0.2, 0.25) is 0 Å². The smallest absolute Gasteiger partial charge is 0.129 e. The van der Waals surface area contributed by atoms with Crippen molar-refractivity contribution < 1.29 is 9.50 Å². The van der Waals surface area contributed by atoms with Crippen LogP contribution in [0.1, 0.15) is 25.2 Å². The van der Waals surface area contributed by atoms with Gasteiger partial charge in [0.2, 0.25) is 0 Å². The number of aryl methyl sites for hydroxylation is 1. The molecule has 4 heteroatoms. The van der Waals surface area contributed by atoms with Crippen LogP contribution in [0.5, 0.6) is 0 Å². The molecule has 1 N–H and O–H groups in total. The lowest BCUT2D eigenvalue weighted by atomic mass is 9.92. The lowest BCUT2D eigenvalue weighted by Crippen LogP contribution is -2.27. The third-order valence-corrected chi connectivity index (χ3v) is 3.10. The van der Waals surface area contributed by atoms with E-state index in [0.29, 0.717) is 5.56 Å². The third-order valence-electron chi connectivity index (χ3n) is 3.10. The molecular formula is C14H17FN2O. The van der Waals surface area contributed by atoms with Gasteiger partial charge in [-0.25, -0.2) is 9.37 Å². The van der Waals surface area contributed by atoms with Crippen LogP contribution in [0, 0.1) is 5.82 Å². The maximum atomic E-state index is 13.7. The monoisotopic (exact) mass is 248 g/mol. The van der Waals surface area contributed by atoms with Crippen LogP contribution in [0.4, 0.5) is 4.39 Å². The first-order valence-corrected chi connectivity index (χ1v) is 6.02. The predicted molar refractivity (Wildman–Crippen MR) is 67.6 cm³/mol. The van der Waals surface area contributed by atoms with Crippen molar-refractivity contribution in [1.82, 2.24) is 9.55 Å². The van der Waals surface area contributed by atoms with Gasteiger partial charge in [0.05, 0.1) is 5.60 Å². The Labute approximate surface area is 106 Å². The Bertz CT molecular complexity index is 534. The van der Waals surface area contributed by atoms with Gasteiger partial charge in [-0.1, -0.05) is 18.2 Å². The van der Waals surface area contributed by atoms with E-state index >= 15 is 0 Å². The summed E-state index contributed by atoms with van der Waals surface area (Å²) in [6.07, 6.45) is 3.83. The number of rotatable bonds is 4. The lowest BCUT2D eigenvalue weighted by molar-refractivity contribution is 0.0508. The number of hydrogen-bond acceptors (Lipinski definition) is 2. The van der Waals surface area contributed by atoms with E-state index in [1.165, 1.54) is 6.07 Å². The Morgan fingerprint density at radius 1 is 1.39 bits per heavy atom. The van der Waals surface area contributed by atoms with E-state index in [1.54, 1.807) is 31.3 Å². The van der Waals surface area contributed by atoms with Crippen molar-refractivity contribution in [2.75, 3.05) is 0 Å². The van der Waals surface area contributed by atoms with Gasteiger partial charge in [0.1, 0.15) is 11.6 Å². The standard InChI is InChI=1S/C14H17FN2O/c1-3-17-9-8-16-13(17)10-14(2,18)11-6-4-5-7-12(11)15/h4-9,18H,3,10H2,1-2H3. The summed E-state index contributed by atoms with van der Waals surface area (Å²) in [4.78, 5) is 4.21. The molecule has 0 radical (unpaired) electrons. The average molecular weight is 248 g/mol. The van der Waals surface area contributed by atoms with E-state index in [2.05, 4.69) is 4.98 Å². The molecule has 2 rings (SSSR count). The second-order valence-electron chi connectivity index (χ2n) is 4.56. The Kier molecular flexibility index (Phi) is 3.48. The molecular weight excluding hydrogens is 231 g/mol. The summed E-state index contributed by atoms with van der Waals surface area (Å²) in [6, 6.07) is 6.30. The summed E-state index contributed by atoms with van der Waals surface area (Å²) in [7, 11) is 0. The van der Waals surface area contributed by atoms with Crippen molar-refractivity contribution in [1.29, 1.82) is 0 Å². The molecule has 1 aromatic carbocycles. The zero-order chi connectivity index (χ0) is 13.2. The Hall–Kier alpha value is -1.68. The highest BCUT2D eigenvalue weighted by molar-refractivity contribution is 5.24. The summed E-state index contributed by atoms with van der Waals surface area (Å²) in [5, 5.41) is 10.5. The fourth-order valence-electron chi connectivity index (χ4n) is 2.10. The van der Waals surface area contributed by atoms with E-state index in [-0.39, 0.29) is 6.42 Å². The van der Waals surface area contributed by atoms with E-state index in [0.717, 1.165) is 12.4 Å². The molecule has 2 aromatic rings. The normalized spacial score (nSPS) is 14.4. The van der Waals surface area contributed by atoms with E-state index in [9.17, 15) is 9.50 Å². The zero-order valence-corrected chi connectivity index (χ0v) is 10.6. The summed E-state index contributed by atoms with van der Waals surface area (Å²) in [5.41, 5.74) is -0.959. The fraction of sp³-hybridized carbons (Fsp3) is 0.357. The molecule has 1 aromatic heterocycles. The molecule has 0 spiro atoms. The number of nitrogens with zero attached hydrogens (tertiary/aromatic N) is 2. The van der Waals surface area contributed by atoms with E-state index in [4.69, 9.17) is 0 Å². The van der Waals surface area contributed by atoms with Gasteiger partial charge < -0.3 is 9.67 Å². The molecule has 0 aliphatic carbocycles. The molecule has 0 amide bonds. The Balaban J connectivity index is 2.30. The molecule has 0 fully saturated rings. The quantitative estimate of drug-likeness (QED) is 0.902.